The van der Waals surface area contributed by atoms with Gasteiger partial charge in [0, 0.05) is 9.90 Å². The number of carbonyl (C=O) groups is 1. The lowest BCUT2D eigenvalue weighted by Crippen LogP contribution is -2.24. The molecule has 2 aromatic rings. The van der Waals surface area contributed by atoms with Crippen LogP contribution in [0.5, 0.6) is 5.75 Å². The number of hydrogen-bond acceptors (Lipinski definition) is 4. The number of nitrogens with zero attached hydrogens (tertiary/aromatic N) is 1. The van der Waals surface area contributed by atoms with Gasteiger partial charge in [-0.2, -0.15) is 5.10 Å². The van der Waals surface area contributed by atoms with E-state index in [1.807, 2.05) is 12.1 Å². The van der Waals surface area contributed by atoms with Crippen LogP contribution in [-0.2, 0) is 4.79 Å². The average Bonchev–Trinajstić information content (AvgIpc) is 2.84. The molecule has 0 bridgehead atoms. The van der Waals surface area contributed by atoms with Crippen molar-refractivity contribution in [3.63, 3.8) is 0 Å². The van der Waals surface area contributed by atoms with E-state index < -0.39 is 0 Å². The predicted molar refractivity (Wildman–Crippen MR) is 84.7 cm³/mol. The molecule has 0 aliphatic carbocycles. The lowest BCUT2D eigenvalue weighted by atomic mass is 10.3. The van der Waals surface area contributed by atoms with Gasteiger partial charge in [-0.1, -0.05) is 11.6 Å². The fraction of sp³-hybridized carbons (Fsp3) is 0.0769. The summed E-state index contributed by atoms with van der Waals surface area (Å²) in [5.74, 6) is 0.252. The molecule has 0 aliphatic rings. The minimum Gasteiger partial charge on any atom is -0.484 e. The topological polar surface area (TPSA) is 50.7 Å². The lowest BCUT2D eigenvalue weighted by Gasteiger charge is -2.04. The number of thiophene rings is 1. The van der Waals surface area contributed by atoms with E-state index in [2.05, 4.69) is 26.5 Å². The number of nitrogens with one attached hydrogen (secondary N) is 1. The number of hydrazone groups is 1. The van der Waals surface area contributed by atoms with Gasteiger partial charge >= 0.3 is 0 Å². The Hall–Kier alpha value is -1.37. The van der Waals surface area contributed by atoms with E-state index in [1.54, 1.807) is 30.5 Å². The molecule has 0 saturated carbocycles. The Morgan fingerprint density at radius 3 is 2.75 bits per heavy atom. The molecule has 1 aromatic heterocycles. The second-order valence-electron chi connectivity index (χ2n) is 3.68. The van der Waals surface area contributed by atoms with Gasteiger partial charge in [0.25, 0.3) is 5.91 Å². The maximum absolute atomic E-state index is 11.5. The second-order valence-corrected chi connectivity index (χ2v) is 6.61. The van der Waals surface area contributed by atoms with Crippen molar-refractivity contribution in [2.75, 3.05) is 6.61 Å². The van der Waals surface area contributed by atoms with Crippen molar-refractivity contribution in [2.24, 2.45) is 5.10 Å². The molecule has 1 N–H and O–H groups in total. The molecule has 0 unspecified atom stereocenters. The highest BCUT2D eigenvalue weighted by molar-refractivity contribution is 9.11. The van der Waals surface area contributed by atoms with E-state index in [0.29, 0.717) is 10.8 Å². The molecule has 1 aromatic carbocycles. The summed E-state index contributed by atoms with van der Waals surface area (Å²) >= 11 is 10.6. The second kappa shape index (κ2) is 7.42. The molecular formula is C13H10BrClN2O2S. The SMILES string of the molecule is O=C(COc1ccc(Cl)cc1)N/N=C\c1ccc(Br)s1. The van der Waals surface area contributed by atoms with E-state index in [4.69, 9.17) is 16.3 Å². The van der Waals surface area contributed by atoms with Crippen molar-refractivity contribution < 1.29 is 9.53 Å². The van der Waals surface area contributed by atoms with Crippen LogP contribution in [-0.4, -0.2) is 18.7 Å². The first-order chi connectivity index (χ1) is 9.63. The molecule has 4 nitrogen and oxygen atoms in total. The van der Waals surface area contributed by atoms with Crippen LogP contribution in [0.25, 0.3) is 0 Å². The largest absolute Gasteiger partial charge is 0.484 e. The van der Waals surface area contributed by atoms with E-state index >= 15 is 0 Å². The summed E-state index contributed by atoms with van der Waals surface area (Å²) in [5.41, 5.74) is 2.39. The van der Waals surface area contributed by atoms with Crippen molar-refractivity contribution in [2.45, 2.75) is 0 Å². The van der Waals surface area contributed by atoms with Crippen molar-refractivity contribution in [3.05, 3.63) is 50.1 Å². The van der Waals surface area contributed by atoms with E-state index in [9.17, 15) is 4.79 Å². The summed E-state index contributed by atoms with van der Waals surface area (Å²) in [6.07, 6.45) is 1.58. The van der Waals surface area contributed by atoms with Gasteiger partial charge in [-0.25, -0.2) is 5.43 Å². The highest BCUT2D eigenvalue weighted by Crippen LogP contribution is 2.20. The molecule has 0 fully saturated rings. The molecule has 1 amide bonds. The predicted octanol–water partition coefficient (Wildman–Crippen LogP) is 3.69. The molecular weight excluding hydrogens is 364 g/mol. The summed E-state index contributed by atoms with van der Waals surface area (Å²) in [4.78, 5) is 12.4. The summed E-state index contributed by atoms with van der Waals surface area (Å²) in [7, 11) is 0. The Balaban J connectivity index is 1.75. The van der Waals surface area contributed by atoms with Gasteiger partial charge in [0.05, 0.1) is 10.0 Å². The standard InChI is InChI=1S/C13H10BrClN2O2S/c14-12-6-5-11(20-12)7-16-17-13(18)8-19-10-3-1-9(15)2-4-10/h1-7H,8H2,(H,17,18)/b16-7-. The van der Waals surface area contributed by atoms with Crippen molar-refractivity contribution in [1.29, 1.82) is 0 Å². The molecule has 0 aliphatic heterocycles. The van der Waals surface area contributed by atoms with E-state index in [-0.39, 0.29) is 12.5 Å². The summed E-state index contributed by atoms with van der Waals surface area (Å²) in [5, 5.41) is 4.46. The highest BCUT2D eigenvalue weighted by Gasteiger charge is 2.01. The molecule has 7 heteroatoms. The van der Waals surface area contributed by atoms with Crippen LogP contribution in [0.3, 0.4) is 0 Å². The Morgan fingerprint density at radius 2 is 2.10 bits per heavy atom. The van der Waals surface area contributed by atoms with Gasteiger partial charge in [0.2, 0.25) is 0 Å². The van der Waals surface area contributed by atoms with Crippen LogP contribution < -0.4 is 10.2 Å². The first-order valence-corrected chi connectivity index (χ1v) is 7.58. The fourth-order valence-corrected chi connectivity index (χ4v) is 2.70. The average molecular weight is 374 g/mol. The van der Waals surface area contributed by atoms with Crippen LogP contribution in [0.2, 0.25) is 5.02 Å². The number of benzene rings is 1. The van der Waals surface area contributed by atoms with Crippen LogP contribution in [0.1, 0.15) is 4.88 Å². The number of carbonyl (C=O) groups excluding carboxylic acids is 1. The highest BCUT2D eigenvalue weighted by atomic mass is 79.9. The monoisotopic (exact) mass is 372 g/mol. The molecule has 2 rings (SSSR count). The quantitative estimate of drug-likeness (QED) is 0.642. The van der Waals surface area contributed by atoms with Gasteiger partial charge < -0.3 is 4.74 Å². The molecule has 0 saturated heterocycles. The molecule has 0 radical (unpaired) electrons. The molecule has 0 atom stereocenters. The Morgan fingerprint density at radius 1 is 1.35 bits per heavy atom. The molecule has 20 heavy (non-hydrogen) atoms. The van der Waals surface area contributed by atoms with Crippen LogP contribution >= 0.6 is 38.9 Å². The third-order valence-corrected chi connectivity index (χ3v) is 3.97. The fourth-order valence-electron chi connectivity index (χ4n) is 1.28. The van der Waals surface area contributed by atoms with E-state index in [1.165, 1.54) is 11.3 Å². The van der Waals surface area contributed by atoms with Gasteiger partial charge in [-0.3, -0.25) is 4.79 Å². The van der Waals surface area contributed by atoms with Crippen molar-refractivity contribution in [3.8, 4) is 5.75 Å². The van der Waals surface area contributed by atoms with Gasteiger partial charge in [-0.15, -0.1) is 11.3 Å². The minimum atomic E-state index is -0.327. The summed E-state index contributed by atoms with van der Waals surface area (Å²) in [6.45, 7) is -0.104. The lowest BCUT2D eigenvalue weighted by molar-refractivity contribution is -0.123. The van der Waals surface area contributed by atoms with Gasteiger partial charge in [-0.05, 0) is 52.3 Å². The molecule has 104 valence electrons. The summed E-state index contributed by atoms with van der Waals surface area (Å²) in [6, 6.07) is 10.6. The van der Waals surface area contributed by atoms with Gasteiger partial charge in [0.15, 0.2) is 6.61 Å². The number of ether oxygens (including phenoxy) is 1. The Labute approximate surface area is 133 Å². The zero-order valence-corrected chi connectivity index (χ0v) is 13.3. The number of amides is 1. The zero-order valence-electron chi connectivity index (χ0n) is 10.2. The van der Waals surface area contributed by atoms with Crippen LogP contribution in [0.4, 0.5) is 0 Å². The number of hydrogen-bond donors (Lipinski definition) is 1. The smallest absolute Gasteiger partial charge is 0.277 e. The maximum Gasteiger partial charge on any atom is 0.277 e. The van der Waals surface area contributed by atoms with Crippen molar-refractivity contribution >= 4 is 51.0 Å². The molecule has 0 spiro atoms. The minimum absolute atomic E-state index is 0.104. The Bertz CT molecular complexity index is 613. The molecule has 1 heterocycles. The Kier molecular flexibility index (Phi) is 5.58. The first-order valence-electron chi connectivity index (χ1n) is 5.59. The van der Waals surface area contributed by atoms with Crippen LogP contribution in [0.15, 0.2) is 45.3 Å². The van der Waals surface area contributed by atoms with Crippen LogP contribution in [0, 0.1) is 0 Å². The van der Waals surface area contributed by atoms with Crippen molar-refractivity contribution in [1.82, 2.24) is 5.43 Å². The zero-order chi connectivity index (χ0) is 14.4. The van der Waals surface area contributed by atoms with Gasteiger partial charge in [0.1, 0.15) is 5.75 Å². The third kappa shape index (κ3) is 4.96. The maximum atomic E-state index is 11.5. The first kappa shape index (κ1) is 15.0. The normalized spacial score (nSPS) is 10.7. The van der Waals surface area contributed by atoms with E-state index in [0.717, 1.165) is 8.66 Å². The third-order valence-electron chi connectivity index (χ3n) is 2.16. The number of halogens is 2. The summed E-state index contributed by atoms with van der Waals surface area (Å²) < 4.78 is 6.29. The number of rotatable bonds is 5.